The van der Waals surface area contributed by atoms with Crippen LogP contribution in [-0.4, -0.2) is 17.4 Å². The van der Waals surface area contributed by atoms with Gasteiger partial charge in [-0.2, -0.15) is 0 Å². The Kier molecular flexibility index (Phi) is 4.81. The molecule has 0 rings (SSSR count). The third-order valence-electron chi connectivity index (χ3n) is 0.293. The van der Waals surface area contributed by atoms with Crippen LogP contribution in [-0.2, 0) is 4.12 Å². The molecule has 0 aromatic carbocycles. The van der Waals surface area contributed by atoms with Crippen molar-refractivity contribution in [2.75, 3.05) is 0 Å². The van der Waals surface area contributed by atoms with E-state index in [9.17, 15) is 0 Å². The molecule has 0 fully saturated rings. The van der Waals surface area contributed by atoms with E-state index in [1.165, 1.54) is 0 Å². The van der Waals surface area contributed by atoms with Crippen molar-refractivity contribution in [1.82, 2.24) is 0 Å². The number of rotatable bonds is 2. The molecule has 0 heterocycles. The van der Waals surface area contributed by atoms with Crippen LogP contribution in [0.15, 0.2) is 0 Å². The van der Waals surface area contributed by atoms with Crippen LogP contribution in [0.2, 0.25) is 6.55 Å². The van der Waals surface area contributed by atoms with Crippen LogP contribution < -0.4 is 0 Å². The summed E-state index contributed by atoms with van der Waals surface area (Å²) in [7, 11) is -2.00. The highest BCUT2D eigenvalue weighted by Gasteiger charge is 1.95. The van der Waals surface area contributed by atoms with Crippen molar-refractivity contribution in [2.24, 2.45) is 0 Å². The Hall–Kier alpha value is 0.974. The smallest absolute Gasteiger partial charge is 0.362 e. The predicted octanol–water partition coefficient (Wildman–Crippen LogP) is 0.330. The van der Waals surface area contributed by atoms with Crippen molar-refractivity contribution in [3.8, 4) is 0 Å². The minimum atomic E-state index is -1.66. The van der Waals surface area contributed by atoms with Gasteiger partial charge in [-0.25, -0.2) is 0 Å². The first-order valence-electron chi connectivity index (χ1n) is 1.67. The second-order valence-electron chi connectivity index (χ2n) is 0.716. The second kappa shape index (κ2) is 4.14. The predicted molar refractivity (Wildman–Crippen MR) is 34.3 cm³/mol. The van der Waals surface area contributed by atoms with Gasteiger partial charge in [-0.1, -0.05) is 6.55 Å². The zero-order valence-corrected chi connectivity index (χ0v) is 7.53. The second-order valence-corrected chi connectivity index (χ2v) is 6.20. The summed E-state index contributed by atoms with van der Waals surface area (Å²) in [5.74, 6) is 0. The molecule has 0 aliphatic rings. The van der Waals surface area contributed by atoms with Gasteiger partial charge in [0.05, 0.1) is 0 Å². The lowest BCUT2D eigenvalue weighted by atomic mass is 11.9. The monoisotopic (exact) mass is 160 g/mol. The van der Waals surface area contributed by atoms with Crippen LogP contribution in [0.5, 0.6) is 0 Å². The van der Waals surface area contributed by atoms with Crippen molar-refractivity contribution in [3.05, 3.63) is 0 Å². The Morgan fingerprint density at radius 1 is 1.67 bits per heavy atom. The van der Waals surface area contributed by atoms with Crippen LogP contribution in [0.3, 0.4) is 0 Å². The molecular formula is CH6Cl2OSi2. The van der Waals surface area contributed by atoms with Gasteiger partial charge in [-0.3, -0.25) is 0 Å². The summed E-state index contributed by atoms with van der Waals surface area (Å²) >= 11 is 10.6. The van der Waals surface area contributed by atoms with E-state index in [0.29, 0.717) is 0 Å². The van der Waals surface area contributed by atoms with Crippen molar-refractivity contribution < 1.29 is 4.12 Å². The zero-order valence-electron chi connectivity index (χ0n) is 3.45. The standard InChI is InChI=1S/CH6Cl2OSi2/c1-5-4-6(2)3/h6H,5H2,1H3. The lowest BCUT2D eigenvalue weighted by Gasteiger charge is -1.93. The highest BCUT2D eigenvalue weighted by Crippen LogP contribution is 1.93. The van der Waals surface area contributed by atoms with E-state index in [-0.39, 0.29) is 9.76 Å². The van der Waals surface area contributed by atoms with E-state index in [2.05, 4.69) is 0 Å². The quantitative estimate of drug-likeness (QED) is 0.419. The van der Waals surface area contributed by atoms with Gasteiger partial charge in [0.1, 0.15) is 9.76 Å². The summed E-state index contributed by atoms with van der Waals surface area (Å²) in [5, 5.41) is 0. The average Bonchev–Trinajstić information content (AvgIpc) is 1.35. The summed E-state index contributed by atoms with van der Waals surface area (Å²) in [5.41, 5.74) is 0. The zero-order chi connectivity index (χ0) is 4.99. The molecule has 0 aliphatic carbocycles. The van der Waals surface area contributed by atoms with Gasteiger partial charge in [0.2, 0.25) is 0 Å². The molecule has 0 unspecified atom stereocenters. The fraction of sp³-hybridized carbons (Fsp3) is 1.00. The molecule has 0 spiro atoms. The van der Waals surface area contributed by atoms with E-state index in [1.54, 1.807) is 0 Å². The topological polar surface area (TPSA) is 9.23 Å². The van der Waals surface area contributed by atoms with E-state index in [1.807, 2.05) is 6.55 Å². The van der Waals surface area contributed by atoms with Gasteiger partial charge in [0, 0.05) is 0 Å². The maximum absolute atomic E-state index is 5.29. The normalized spacial score (nSPS) is 12.0. The first-order chi connectivity index (χ1) is 2.77. The molecule has 0 saturated heterocycles. The highest BCUT2D eigenvalue weighted by atomic mass is 35.7. The summed E-state index contributed by atoms with van der Waals surface area (Å²) in [6.45, 7) is 2.00. The molecular weight excluding hydrogens is 155 g/mol. The molecule has 5 heteroatoms. The largest absolute Gasteiger partial charge is 0.442 e. The molecule has 0 amide bonds. The molecule has 38 valence electrons. The van der Waals surface area contributed by atoms with Crippen LogP contribution >= 0.6 is 22.2 Å². The van der Waals surface area contributed by atoms with Crippen molar-refractivity contribution in [3.63, 3.8) is 0 Å². The number of hydrogen-bond acceptors (Lipinski definition) is 1. The van der Waals surface area contributed by atoms with E-state index in [0.717, 1.165) is 0 Å². The van der Waals surface area contributed by atoms with Gasteiger partial charge < -0.3 is 4.12 Å². The van der Waals surface area contributed by atoms with E-state index >= 15 is 0 Å². The van der Waals surface area contributed by atoms with Gasteiger partial charge >= 0.3 is 7.66 Å². The van der Waals surface area contributed by atoms with Gasteiger partial charge in [-0.05, 0) is 0 Å². The van der Waals surface area contributed by atoms with Gasteiger partial charge in [0.15, 0.2) is 0 Å². The molecule has 0 saturated carbocycles. The molecule has 0 bridgehead atoms. The average molecular weight is 161 g/mol. The Morgan fingerprint density at radius 3 is 2.17 bits per heavy atom. The number of hydrogen-bond donors (Lipinski definition) is 0. The minimum absolute atomic E-state index is 0.336. The Balaban J connectivity index is 2.63. The SMILES string of the molecule is C[SiH2]O[SiH](Cl)Cl. The van der Waals surface area contributed by atoms with Crippen molar-refractivity contribution >= 4 is 39.6 Å². The molecule has 0 aromatic heterocycles. The fourth-order valence-electron chi connectivity index (χ4n) is 0.126. The minimum Gasteiger partial charge on any atom is -0.442 e. The molecule has 0 radical (unpaired) electrons. The lowest BCUT2D eigenvalue weighted by molar-refractivity contribution is 0.656. The van der Waals surface area contributed by atoms with Crippen molar-refractivity contribution in [2.45, 2.75) is 6.55 Å². The molecule has 1 nitrogen and oxygen atoms in total. The molecule has 0 aliphatic heterocycles. The first-order valence-corrected chi connectivity index (χ1v) is 7.62. The third-order valence-corrected chi connectivity index (χ3v) is 4.90. The summed E-state index contributed by atoms with van der Waals surface area (Å²) in [6, 6.07) is 0. The Labute approximate surface area is 50.7 Å². The van der Waals surface area contributed by atoms with Gasteiger partial charge in [-0.15, -0.1) is 22.2 Å². The van der Waals surface area contributed by atoms with E-state index < -0.39 is 7.66 Å². The van der Waals surface area contributed by atoms with Gasteiger partial charge in [0.25, 0.3) is 0 Å². The van der Waals surface area contributed by atoms with Crippen molar-refractivity contribution in [1.29, 1.82) is 0 Å². The first kappa shape index (κ1) is 6.97. The molecule has 0 atom stereocenters. The summed E-state index contributed by atoms with van der Waals surface area (Å²) < 4.78 is 4.85. The number of halogens is 2. The summed E-state index contributed by atoms with van der Waals surface area (Å²) in [4.78, 5) is 0. The van der Waals surface area contributed by atoms with Crippen LogP contribution in [0.25, 0.3) is 0 Å². The van der Waals surface area contributed by atoms with Crippen LogP contribution in [0.1, 0.15) is 0 Å². The maximum Gasteiger partial charge on any atom is 0.362 e. The Morgan fingerprint density at radius 2 is 2.17 bits per heavy atom. The van der Waals surface area contributed by atoms with Crippen LogP contribution in [0.4, 0.5) is 0 Å². The lowest BCUT2D eigenvalue weighted by Crippen LogP contribution is -2.02. The van der Waals surface area contributed by atoms with Crippen LogP contribution in [0, 0.1) is 0 Å². The molecule has 0 aromatic rings. The Bertz CT molecular complexity index is 32.7. The molecule has 0 N–H and O–H groups in total. The summed E-state index contributed by atoms with van der Waals surface area (Å²) in [6.07, 6.45) is 0. The fourth-order valence-corrected chi connectivity index (χ4v) is 3.40. The van der Waals surface area contributed by atoms with E-state index in [4.69, 9.17) is 26.3 Å². The molecule has 6 heavy (non-hydrogen) atoms. The highest BCUT2D eigenvalue weighted by molar-refractivity contribution is 7.31. The maximum atomic E-state index is 5.29. The third kappa shape index (κ3) is 4.97.